The Bertz CT molecular complexity index is 606. The maximum absolute atomic E-state index is 6.18. The number of aromatic nitrogens is 2. The molecule has 4 rings (SSSR count). The van der Waals surface area contributed by atoms with Crippen LogP contribution < -0.4 is 5.32 Å². The van der Waals surface area contributed by atoms with Crippen molar-refractivity contribution in [1.82, 2.24) is 14.9 Å². The minimum atomic E-state index is 0.0163. The summed E-state index contributed by atoms with van der Waals surface area (Å²) in [5, 5.41) is 7.77. The summed E-state index contributed by atoms with van der Waals surface area (Å²) in [5.41, 5.74) is 1.43. The first-order chi connectivity index (χ1) is 10.8. The summed E-state index contributed by atoms with van der Waals surface area (Å²) in [4.78, 5) is 11.0. The molecule has 0 saturated carbocycles. The SMILES string of the molecule is c1cnc(NC2COC3(CCN(Cc4ccsc4)C3)C2)nc1. The second kappa shape index (κ2) is 5.95. The first kappa shape index (κ1) is 14.1. The fourth-order valence-corrected chi connectivity index (χ4v) is 4.14. The minimum absolute atomic E-state index is 0.0163. The number of anilines is 1. The highest BCUT2D eigenvalue weighted by Gasteiger charge is 2.45. The molecule has 4 heterocycles. The molecule has 2 saturated heterocycles. The average Bonchev–Trinajstić information content (AvgIpc) is 3.25. The van der Waals surface area contributed by atoms with Crippen LogP contribution in [0.25, 0.3) is 0 Å². The molecule has 0 aromatic carbocycles. The van der Waals surface area contributed by atoms with Crippen LogP contribution in [-0.2, 0) is 11.3 Å². The van der Waals surface area contributed by atoms with Gasteiger partial charge in [0.25, 0.3) is 0 Å². The Morgan fingerprint density at radius 3 is 3.14 bits per heavy atom. The van der Waals surface area contributed by atoms with Crippen LogP contribution in [0.1, 0.15) is 18.4 Å². The highest BCUT2D eigenvalue weighted by molar-refractivity contribution is 7.07. The van der Waals surface area contributed by atoms with Gasteiger partial charge in [0.15, 0.2) is 0 Å². The summed E-state index contributed by atoms with van der Waals surface area (Å²) >= 11 is 1.77. The zero-order valence-electron chi connectivity index (χ0n) is 12.4. The molecule has 1 spiro atoms. The van der Waals surface area contributed by atoms with Crippen molar-refractivity contribution in [3.8, 4) is 0 Å². The molecule has 22 heavy (non-hydrogen) atoms. The Morgan fingerprint density at radius 2 is 2.32 bits per heavy atom. The molecule has 0 amide bonds. The number of hydrogen-bond donors (Lipinski definition) is 1. The highest BCUT2D eigenvalue weighted by atomic mass is 32.1. The fraction of sp³-hybridized carbons (Fsp3) is 0.500. The number of nitrogens with one attached hydrogen (secondary N) is 1. The van der Waals surface area contributed by atoms with Crippen molar-refractivity contribution in [2.24, 2.45) is 0 Å². The van der Waals surface area contributed by atoms with Crippen LogP contribution in [0.4, 0.5) is 5.95 Å². The van der Waals surface area contributed by atoms with Gasteiger partial charge in [0, 0.05) is 38.4 Å². The molecule has 5 nitrogen and oxygen atoms in total. The van der Waals surface area contributed by atoms with Crippen molar-refractivity contribution in [2.45, 2.75) is 31.0 Å². The predicted molar refractivity (Wildman–Crippen MR) is 87.0 cm³/mol. The third-order valence-electron chi connectivity index (χ3n) is 4.49. The summed E-state index contributed by atoms with van der Waals surface area (Å²) < 4.78 is 6.18. The van der Waals surface area contributed by atoms with E-state index < -0.39 is 0 Å². The van der Waals surface area contributed by atoms with Crippen LogP contribution in [-0.4, -0.2) is 46.2 Å². The lowest BCUT2D eigenvalue weighted by molar-refractivity contribution is 0.0120. The zero-order chi connectivity index (χ0) is 14.8. The third-order valence-corrected chi connectivity index (χ3v) is 5.22. The number of nitrogens with zero attached hydrogens (tertiary/aromatic N) is 3. The van der Waals surface area contributed by atoms with Crippen molar-refractivity contribution >= 4 is 17.3 Å². The van der Waals surface area contributed by atoms with E-state index in [1.54, 1.807) is 23.7 Å². The smallest absolute Gasteiger partial charge is 0.222 e. The summed E-state index contributed by atoms with van der Waals surface area (Å²) in [6, 6.07) is 4.35. The van der Waals surface area contributed by atoms with Crippen molar-refractivity contribution in [1.29, 1.82) is 0 Å². The molecular formula is C16H20N4OS. The lowest BCUT2D eigenvalue weighted by Crippen LogP contribution is -2.33. The Hall–Kier alpha value is -1.50. The van der Waals surface area contributed by atoms with Crippen molar-refractivity contribution in [2.75, 3.05) is 25.0 Å². The normalized spacial score (nSPS) is 28.5. The lowest BCUT2D eigenvalue weighted by Gasteiger charge is -2.23. The van der Waals surface area contributed by atoms with Gasteiger partial charge in [-0.05, 0) is 34.9 Å². The van der Waals surface area contributed by atoms with E-state index in [4.69, 9.17) is 4.74 Å². The van der Waals surface area contributed by atoms with Crippen molar-refractivity contribution in [3.63, 3.8) is 0 Å². The Labute approximate surface area is 134 Å². The average molecular weight is 316 g/mol. The molecule has 2 aliphatic heterocycles. The van der Waals surface area contributed by atoms with Gasteiger partial charge < -0.3 is 10.1 Å². The number of rotatable bonds is 4. The Kier molecular flexibility index (Phi) is 3.82. The standard InChI is InChI=1S/C16H20N4OS/c1-4-17-15(18-5-1)19-14-8-16(21-10-14)3-6-20(12-16)9-13-2-7-22-11-13/h1-2,4-5,7,11,14H,3,6,8-10,12H2,(H,17,18,19). The second-order valence-electron chi connectivity index (χ2n) is 6.20. The van der Waals surface area contributed by atoms with E-state index in [0.29, 0.717) is 12.0 Å². The van der Waals surface area contributed by atoms with Crippen LogP contribution in [0.15, 0.2) is 35.3 Å². The molecule has 0 bridgehead atoms. The van der Waals surface area contributed by atoms with E-state index in [1.807, 2.05) is 6.07 Å². The van der Waals surface area contributed by atoms with Gasteiger partial charge in [0.05, 0.1) is 18.2 Å². The number of likely N-dealkylation sites (tertiary alicyclic amines) is 1. The first-order valence-electron chi connectivity index (χ1n) is 7.72. The molecular weight excluding hydrogens is 296 g/mol. The van der Waals surface area contributed by atoms with Gasteiger partial charge in [-0.3, -0.25) is 4.90 Å². The number of thiophene rings is 1. The van der Waals surface area contributed by atoms with Crippen molar-refractivity contribution < 1.29 is 4.74 Å². The summed E-state index contributed by atoms with van der Waals surface area (Å²) in [7, 11) is 0. The fourth-order valence-electron chi connectivity index (χ4n) is 3.48. The summed E-state index contributed by atoms with van der Waals surface area (Å²) in [6.07, 6.45) is 5.68. The topological polar surface area (TPSA) is 50.3 Å². The second-order valence-corrected chi connectivity index (χ2v) is 6.98. The van der Waals surface area contributed by atoms with Gasteiger partial charge in [-0.25, -0.2) is 9.97 Å². The van der Waals surface area contributed by atoms with Crippen LogP contribution in [0.2, 0.25) is 0 Å². The van der Waals surface area contributed by atoms with E-state index in [-0.39, 0.29) is 5.60 Å². The van der Waals surface area contributed by atoms with Crippen LogP contribution >= 0.6 is 11.3 Å². The van der Waals surface area contributed by atoms with E-state index in [2.05, 4.69) is 37.0 Å². The molecule has 0 aliphatic carbocycles. The predicted octanol–water partition coefficient (Wildman–Crippen LogP) is 2.38. The van der Waals surface area contributed by atoms with Gasteiger partial charge in [-0.15, -0.1) is 0 Å². The molecule has 2 aromatic heterocycles. The largest absolute Gasteiger partial charge is 0.371 e. The summed E-state index contributed by atoms with van der Waals surface area (Å²) in [5.74, 6) is 0.696. The van der Waals surface area contributed by atoms with Crippen molar-refractivity contribution in [3.05, 3.63) is 40.8 Å². The molecule has 2 atom stereocenters. The van der Waals surface area contributed by atoms with E-state index >= 15 is 0 Å². The molecule has 6 heteroatoms. The summed E-state index contributed by atoms with van der Waals surface area (Å²) in [6.45, 7) is 3.92. The van der Waals surface area contributed by atoms with Crippen LogP contribution in [0, 0.1) is 0 Å². The number of hydrogen-bond acceptors (Lipinski definition) is 6. The van der Waals surface area contributed by atoms with Gasteiger partial charge in [0.2, 0.25) is 5.95 Å². The monoisotopic (exact) mass is 316 g/mol. The molecule has 2 fully saturated rings. The van der Waals surface area contributed by atoms with E-state index in [1.165, 1.54) is 5.56 Å². The first-order valence-corrected chi connectivity index (χ1v) is 8.67. The molecule has 116 valence electrons. The number of ether oxygens (including phenoxy) is 1. The molecule has 2 aromatic rings. The highest BCUT2D eigenvalue weighted by Crippen LogP contribution is 2.36. The van der Waals surface area contributed by atoms with Gasteiger partial charge >= 0.3 is 0 Å². The van der Waals surface area contributed by atoms with Crippen LogP contribution in [0.5, 0.6) is 0 Å². The van der Waals surface area contributed by atoms with Crippen LogP contribution in [0.3, 0.4) is 0 Å². The maximum atomic E-state index is 6.18. The molecule has 2 aliphatic rings. The zero-order valence-corrected chi connectivity index (χ0v) is 13.3. The lowest BCUT2D eigenvalue weighted by atomic mass is 9.97. The van der Waals surface area contributed by atoms with E-state index in [9.17, 15) is 0 Å². The van der Waals surface area contributed by atoms with Gasteiger partial charge in [0.1, 0.15) is 0 Å². The Morgan fingerprint density at radius 1 is 1.41 bits per heavy atom. The quantitative estimate of drug-likeness (QED) is 0.938. The minimum Gasteiger partial charge on any atom is -0.371 e. The molecule has 2 unspecified atom stereocenters. The van der Waals surface area contributed by atoms with Gasteiger partial charge in [-0.2, -0.15) is 11.3 Å². The maximum Gasteiger partial charge on any atom is 0.222 e. The third kappa shape index (κ3) is 2.99. The van der Waals surface area contributed by atoms with Gasteiger partial charge in [-0.1, -0.05) is 0 Å². The Balaban J connectivity index is 1.34. The van der Waals surface area contributed by atoms with E-state index in [0.717, 1.165) is 39.1 Å². The molecule has 0 radical (unpaired) electrons. The molecule has 1 N–H and O–H groups in total.